The summed E-state index contributed by atoms with van der Waals surface area (Å²) in [5.74, 6) is -0.288. The van der Waals surface area contributed by atoms with Crippen molar-refractivity contribution in [2.45, 2.75) is 170 Å². The maximum absolute atomic E-state index is 13.3. The molecule has 3 aliphatic rings. The molecule has 21 nitrogen and oxygen atoms in total. The number of rotatable bonds is 30. The average molecular weight is 909 g/mol. The Balaban J connectivity index is 1.36. The number of aliphatic hydroxyl groups excluding tert-OH is 8. The molecule has 366 valence electrons. The van der Waals surface area contributed by atoms with Gasteiger partial charge >= 0.3 is 0 Å². The number of aliphatic hydroxyl groups is 8. The molecular formula is C42H76N4O17. The molecule has 3 saturated heterocycles. The highest BCUT2D eigenvalue weighted by Gasteiger charge is 2.45. The highest BCUT2D eigenvalue weighted by Crippen LogP contribution is 2.25. The van der Waals surface area contributed by atoms with Crippen molar-refractivity contribution in [2.24, 2.45) is 5.92 Å². The first-order valence-electron chi connectivity index (χ1n) is 22.6. The van der Waals surface area contributed by atoms with Crippen molar-refractivity contribution in [1.82, 2.24) is 20.9 Å². The Morgan fingerprint density at radius 1 is 0.667 bits per heavy atom. The molecule has 0 bridgehead atoms. The largest absolute Gasteiger partial charge is 0.394 e. The Hall–Kier alpha value is -2.64. The molecule has 0 aromatic carbocycles. The van der Waals surface area contributed by atoms with E-state index in [4.69, 9.17) is 23.7 Å². The van der Waals surface area contributed by atoms with Crippen LogP contribution in [-0.4, -0.2) is 209 Å². The number of hydrogen-bond acceptors (Lipinski definition) is 17. The van der Waals surface area contributed by atoms with Gasteiger partial charge in [-0.3, -0.25) is 19.2 Å². The van der Waals surface area contributed by atoms with E-state index in [1.165, 1.54) is 0 Å². The SMILES string of the molecule is COCC1CC(C)CN1C(=O)CCCCCNC(=O)C(CCCCNC(=O)CCCCOC1OC(CO)C(O)C(O)C1O)NC(=O)CCCCOCC1OC(CO)C(O)C(O)C1O. The van der Waals surface area contributed by atoms with Crippen molar-refractivity contribution >= 4 is 23.6 Å². The van der Waals surface area contributed by atoms with Gasteiger partial charge in [-0.15, -0.1) is 0 Å². The van der Waals surface area contributed by atoms with Crippen LogP contribution in [0.15, 0.2) is 0 Å². The molecule has 0 spiro atoms. The first-order valence-corrected chi connectivity index (χ1v) is 22.6. The molecule has 13 atom stereocenters. The number of hydrogen-bond donors (Lipinski definition) is 11. The third kappa shape index (κ3) is 18.6. The van der Waals surface area contributed by atoms with E-state index in [2.05, 4.69) is 22.9 Å². The lowest BCUT2D eigenvalue weighted by molar-refractivity contribution is -0.301. The normalized spacial score (nSPS) is 30.2. The third-order valence-corrected chi connectivity index (χ3v) is 11.7. The van der Waals surface area contributed by atoms with Gasteiger partial charge in [0.05, 0.1) is 32.5 Å². The highest BCUT2D eigenvalue weighted by atomic mass is 16.7. The summed E-state index contributed by atoms with van der Waals surface area (Å²) in [6, 6.07) is -0.705. The van der Waals surface area contributed by atoms with E-state index in [0.29, 0.717) is 89.8 Å². The number of nitrogens with zero attached hydrogens (tertiary/aromatic N) is 1. The van der Waals surface area contributed by atoms with Crippen molar-refractivity contribution in [3.63, 3.8) is 0 Å². The van der Waals surface area contributed by atoms with Gasteiger partial charge in [-0.2, -0.15) is 0 Å². The lowest BCUT2D eigenvalue weighted by atomic mass is 9.95. The Kier molecular flexibility index (Phi) is 25.9. The van der Waals surface area contributed by atoms with Crippen LogP contribution in [0.2, 0.25) is 0 Å². The first kappa shape index (κ1) is 54.7. The number of methoxy groups -OCH3 is 1. The predicted octanol–water partition coefficient (Wildman–Crippen LogP) is -2.67. The maximum atomic E-state index is 13.3. The second-order valence-corrected chi connectivity index (χ2v) is 17.0. The molecule has 3 aliphatic heterocycles. The number of likely N-dealkylation sites (tertiary alicyclic amines) is 1. The molecule has 4 amide bonds. The third-order valence-electron chi connectivity index (χ3n) is 11.7. The zero-order valence-corrected chi connectivity index (χ0v) is 37.0. The molecule has 3 rings (SSSR count). The van der Waals surface area contributed by atoms with Crippen molar-refractivity contribution < 1.29 is 83.7 Å². The summed E-state index contributed by atoms with van der Waals surface area (Å²) in [6.07, 6.45) is -6.16. The molecule has 0 aromatic rings. The van der Waals surface area contributed by atoms with Crippen LogP contribution in [-0.2, 0) is 42.9 Å². The van der Waals surface area contributed by atoms with Crippen LogP contribution < -0.4 is 16.0 Å². The van der Waals surface area contributed by atoms with Crippen molar-refractivity contribution in [2.75, 3.05) is 66.4 Å². The van der Waals surface area contributed by atoms with E-state index < -0.39 is 80.5 Å². The van der Waals surface area contributed by atoms with Crippen LogP contribution >= 0.6 is 0 Å². The number of carbonyl (C=O) groups is 4. The predicted molar refractivity (Wildman–Crippen MR) is 223 cm³/mol. The van der Waals surface area contributed by atoms with Crippen LogP contribution in [0.4, 0.5) is 0 Å². The van der Waals surface area contributed by atoms with Crippen LogP contribution in [0.1, 0.15) is 96.8 Å². The van der Waals surface area contributed by atoms with Gasteiger partial charge in [0, 0.05) is 59.2 Å². The van der Waals surface area contributed by atoms with Crippen LogP contribution in [0, 0.1) is 5.92 Å². The van der Waals surface area contributed by atoms with Crippen molar-refractivity contribution in [3.05, 3.63) is 0 Å². The summed E-state index contributed by atoms with van der Waals surface area (Å²) < 4.78 is 27.1. The van der Waals surface area contributed by atoms with Gasteiger partial charge in [-0.1, -0.05) is 13.3 Å². The second kappa shape index (κ2) is 29.8. The summed E-state index contributed by atoms with van der Waals surface area (Å²) in [4.78, 5) is 53.5. The van der Waals surface area contributed by atoms with E-state index in [1.54, 1.807) is 7.11 Å². The second-order valence-electron chi connectivity index (χ2n) is 17.0. The first-order chi connectivity index (χ1) is 30.2. The van der Waals surface area contributed by atoms with E-state index >= 15 is 0 Å². The van der Waals surface area contributed by atoms with Gasteiger partial charge in [0.15, 0.2) is 6.29 Å². The van der Waals surface area contributed by atoms with Crippen LogP contribution in [0.3, 0.4) is 0 Å². The van der Waals surface area contributed by atoms with Gasteiger partial charge in [0.2, 0.25) is 23.6 Å². The fraction of sp³-hybridized carbons (Fsp3) is 0.905. The zero-order valence-electron chi connectivity index (χ0n) is 37.0. The summed E-state index contributed by atoms with van der Waals surface area (Å²) >= 11 is 0. The average Bonchev–Trinajstić information content (AvgIpc) is 3.64. The molecule has 3 heterocycles. The maximum Gasteiger partial charge on any atom is 0.242 e. The lowest BCUT2D eigenvalue weighted by Crippen LogP contribution is -2.59. The molecule has 13 unspecified atom stereocenters. The number of ether oxygens (including phenoxy) is 5. The minimum absolute atomic E-state index is 0.0945. The quantitative estimate of drug-likeness (QED) is 0.0328. The Morgan fingerprint density at radius 3 is 1.97 bits per heavy atom. The number of unbranched alkanes of at least 4 members (excludes halogenated alkanes) is 5. The Morgan fingerprint density at radius 2 is 1.27 bits per heavy atom. The number of amides is 4. The minimum Gasteiger partial charge on any atom is -0.394 e. The zero-order chi connectivity index (χ0) is 46.3. The Labute approximate surface area is 370 Å². The monoisotopic (exact) mass is 909 g/mol. The summed E-state index contributed by atoms with van der Waals surface area (Å²) in [6.45, 7) is 3.24. The van der Waals surface area contributed by atoms with E-state index in [1.807, 2.05) is 4.90 Å². The van der Waals surface area contributed by atoms with Gasteiger partial charge in [0.25, 0.3) is 0 Å². The molecular weight excluding hydrogens is 832 g/mol. The van der Waals surface area contributed by atoms with Crippen molar-refractivity contribution in [1.29, 1.82) is 0 Å². The van der Waals surface area contributed by atoms with Crippen LogP contribution in [0.5, 0.6) is 0 Å². The molecule has 0 aromatic heterocycles. The molecule has 0 aliphatic carbocycles. The molecule has 0 saturated carbocycles. The fourth-order valence-corrected chi connectivity index (χ4v) is 7.99. The highest BCUT2D eigenvalue weighted by molar-refractivity contribution is 5.87. The molecule has 0 radical (unpaired) electrons. The van der Waals surface area contributed by atoms with Gasteiger partial charge < -0.3 is 85.4 Å². The van der Waals surface area contributed by atoms with Crippen LogP contribution in [0.25, 0.3) is 0 Å². The summed E-state index contributed by atoms with van der Waals surface area (Å²) in [5, 5.41) is 87.2. The standard InChI is InChI=1S/C42H76N4O17/c1-26-20-27(24-59-2)46(21-26)34(51)15-4-3-8-17-44-41(58)28(45-33(50)14-6-10-18-60-25-31-37(54)38(55)35(52)29(22-47)62-31)12-5-9-16-43-32(49)13-7-11-19-61-42-40(57)39(56)36(53)30(23-48)63-42/h26-31,35-40,42,47-48,52-57H,3-25H2,1-2H3,(H,43,49)(H,44,58)(H,45,50). The number of nitrogens with one attached hydrogen (secondary N) is 3. The summed E-state index contributed by atoms with van der Waals surface area (Å²) in [5.41, 5.74) is 0. The molecule has 3 fully saturated rings. The van der Waals surface area contributed by atoms with Gasteiger partial charge in [-0.25, -0.2) is 0 Å². The van der Waals surface area contributed by atoms with Gasteiger partial charge in [-0.05, 0) is 70.1 Å². The molecule has 21 heteroatoms. The van der Waals surface area contributed by atoms with E-state index in [0.717, 1.165) is 19.4 Å². The van der Waals surface area contributed by atoms with Gasteiger partial charge in [0.1, 0.15) is 61.0 Å². The Bertz CT molecular complexity index is 1330. The lowest BCUT2D eigenvalue weighted by Gasteiger charge is -2.39. The summed E-state index contributed by atoms with van der Waals surface area (Å²) in [7, 11) is 1.64. The molecule has 63 heavy (non-hydrogen) atoms. The minimum atomic E-state index is -1.54. The fourth-order valence-electron chi connectivity index (χ4n) is 7.99. The molecule has 11 N–H and O–H groups in total. The smallest absolute Gasteiger partial charge is 0.242 e. The topological polar surface area (TPSA) is 316 Å². The van der Waals surface area contributed by atoms with E-state index in [9.17, 15) is 60.0 Å². The van der Waals surface area contributed by atoms with Crippen molar-refractivity contribution in [3.8, 4) is 0 Å². The van der Waals surface area contributed by atoms with E-state index in [-0.39, 0.29) is 62.3 Å². The number of carbonyl (C=O) groups excluding carboxylic acids is 4.